The molecule has 0 amide bonds. The summed E-state index contributed by atoms with van der Waals surface area (Å²) < 4.78 is 8.26. The van der Waals surface area contributed by atoms with E-state index in [2.05, 4.69) is 0 Å². The fourth-order valence-corrected chi connectivity index (χ4v) is 0. The van der Waals surface area contributed by atoms with Crippen LogP contribution in [-0.2, 0) is 23.2 Å². The van der Waals surface area contributed by atoms with Crippen LogP contribution in [0, 0.1) is 0 Å². The molecule has 0 bridgehead atoms. The standard InChI is InChI=1S/Al.Mg.Mo.O.5H/q;+2;;;;;;2*-1. The molecular weight excluding hydrogens is 163 g/mol. The molecule has 0 aliphatic carbocycles. The Balaban J connectivity index is -0.000000000833. The van der Waals surface area contributed by atoms with Crippen LogP contribution in [0.5, 0.6) is 0 Å². The first-order chi connectivity index (χ1) is 1.00. The van der Waals surface area contributed by atoms with Crippen molar-refractivity contribution in [1.82, 2.24) is 0 Å². The van der Waals surface area contributed by atoms with E-state index in [0.717, 1.165) is 0 Å². The van der Waals surface area contributed by atoms with Gasteiger partial charge >= 0.3 is 46.2 Å². The Morgan fingerprint density at radius 3 is 1.50 bits per heavy atom. The molecule has 0 spiro atoms. The topological polar surface area (TPSA) is 17.1 Å². The molecule has 0 radical (unpaired) electrons. The van der Waals surface area contributed by atoms with Crippen molar-refractivity contribution in [3.05, 3.63) is 0 Å². The zero-order valence-electron chi connectivity index (χ0n) is 3.52. The number of rotatable bonds is 0. The molecule has 4 heteroatoms. The third-order valence-electron chi connectivity index (χ3n) is 0. The summed E-state index contributed by atoms with van der Waals surface area (Å²) in [4.78, 5) is 0. The van der Waals surface area contributed by atoms with Gasteiger partial charge in [0.1, 0.15) is 0 Å². The van der Waals surface area contributed by atoms with Gasteiger partial charge in [-0.2, -0.15) is 0 Å². The molecular formula is H5AlMgMoO. The monoisotopic (exact) mass is 170 g/mol. The van der Waals surface area contributed by atoms with Gasteiger partial charge in [0.15, 0.2) is 17.4 Å². The van der Waals surface area contributed by atoms with Gasteiger partial charge in [-0.05, 0) is 0 Å². The van der Waals surface area contributed by atoms with Crippen LogP contribution in [0.2, 0.25) is 0 Å². The Kier molecular flexibility index (Phi) is 91.8. The Hall–Kier alpha value is 1.79. The molecule has 0 aromatic heterocycles. The van der Waals surface area contributed by atoms with Crippen molar-refractivity contribution in [2.24, 2.45) is 0 Å². The van der Waals surface area contributed by atoms with E-state index in [-0.39, 0.29) is 43.3 Å². The summed E-state index contributed by atoms with van der Waals surface area (Å²) in [6, 6.07) is 0. The quantitative estimate of drug-likeness (QED) is 0.404. The summed E-state index contributed by atoms with van der Waals surface area (Å²) in [5, 5.41) is 0. The normalized spacial score (nSPS) is 1.00. The van der Waals surface area contributed by atoms with Crippen molar-refractivity contribution in [3.8, 4) is 0 Å². The Bertz CT molecular complexity index is 13.5. The molecule has 0 atom stereocenters. The first-order valence-electron chi connectivity index (χ1n) is 0.167. The molecule has 0 N–H and O–H groups in total. The summed E-state index contributed by atoms with van der Waals surface area (Å²) in [5.41, 5.74) is 0. The van der Waals surface area contributed by atoms with Gasteiger partial charge in [-0.25, -0.2) is 0 Å². The van der Waals surface area contributed by atoms with E-state index in [9.17, 15) is 0 Å². The zero-order chi connectivity index (χ0) is 2.00. The van der Waals surface area contributed by atoms with Gasteiger partial charge in [0.2, 0.25) is 0 Å². The molecule has 0 aliphatic heterocycles. The molecule has 0 unspecified atom stereocenters. The van der Waals surface area contributed by atoms with E-state index < -0.39 is 0 Å². The fraction of sp³-hybridized carbons (Fsp3) is 0. The van der Waals surface area contributed by atoms with Crippen LogP contribution < -0.4 is 0 Å². The van der Waals surface area contributed by atoms with Crippen LogP contribution in [0.3, 0.4) is 0 Å². The molecule has 0 heterocycles. The molecule has 0 aromatic rings. The van der Waals surface area contributed by atoms with Crippen molar-refractivity contribution in [1.29, 1.82) is 0 Å². The third kappa shape index (κ3) is 9.21. The van der Waals surface area contributed by atoms with Crippen LogP contribution in [0.15, 0.2) is 0 Å². The van der Waals surface area contributed by atoms with E-state index >= 15 is 0 Å². The van der Waals surface area contributed by atoms with Crippen LogP contribution in [0.25, 0.3) is 0 Å². The SMILES string of the molecule is [AlH3].[H-].[H-].[Mg+2].[O]=[Mo]. The average Bonchev–Trinajstić information content (AvgIpc) is 1.00. The van der Waals surface area contributed by atoms with Crippen LogP contribution >= 0.6 is 0 Å². The maximum absolute atomic E-state index is 8.26. The Morgan fingerprint density at radius 2 is 1.50 bits per heavy atom. The summed E-state index contributed by atoms with van der Waals surface area (Å²) in [7, 11) is 0. The second kappa shape index (κ2) is 21.5. The summed E-state index contributed by atoms with van der Waals surface area (Å²) in [6.07, 6.45) is 0. The second-order valence-electron chi connectivity index (χ2n) is 0. The molecule has 0 rings (SSSR count). The van der Waals surface area contributed by atoms with Crippen LogP contribution in [0.1, 0.15) is 2.85 Å². The van der Waals surface area contributed by atoms with Crippen molar-refractivity contribution in [2.75, 3.05) is 0 Å². The van der Waals surface area contributed by atoms with Gasteiger partial charge in [-0.15, -0.1) is 0 Å². The van der Waals surface area contributed by atoms with E-state index in [1.165, 1.54) is 0 Å². The minimum absolute atomic E-state index is 0. The maximum atomic E-state index is 8.26. The van der Waals surface area contributed by atoms with Gasteiger partial charge in [-0.1, -0.05) is 0 Å². The predicted molar refractivity (Wildman–Crippen MR) is 18.6 cm³/mol. The van der Waals surface area contributed by atoms with Gasteiger partial charge in [0, 0.05) is 0 Å². The summed E-state index contributed by atoms with van der Waals surface area (Å²) in [6.45, 7) is 0. The minimum atomic E-state index is 0. The Labute approximate surface area is 66.0 Å². The summed E-state index contributed by atoms with van der Waals surface area (Å²) in [5.74, 6) is 0. The second-order valence-corrected chi connectivity index (χ2v) is 0. The van der Waals surface area contributed by atoms with Crippen LogP contribution in [0.4, 0.5) is 0 Å². The molecule has 0 saturated carbocycles. The van der Waals surface area contributed by atoms with E-state index in [1.807, 2.05) is 0 Å². The first kappa shape index (κ1) is 17.1. The fourth-order valence-electron chi connectivity index (χ4n) is 0. The van der Waals surface area contributed by atoms with Gasteiger partial charge in [0.05, 0.1) is 0 Å². The van der Waals surface area contributed by atoms with Gasteiger partial charge in [-0.3, -0.25) is 0 Å². The zero-order valence-corrected chi connectivity index (χ0v) is 4.94. The van der Waals surface area contributed by atoms with Gasteiger partial charge < -0.3 is 2.85 Å². The molecule has 0 aliphatic rings. The molecule has 0 aromatic carbocycles. The van der Waals surface area contributed by atoms with Crippen molar-refractivity contribution in [3.63, 3.8) is 0 Å². The van der Waals surface area contributed by atoms with Crippen molar-refractivity contribution in [2.45, 2.75) is 0 Å². The van der Waals surface area contributed by atoms with E-state index in [0.29, 0.717) is 19.8 Å². The van der Waals surface area contributed by atoms with E-state index in [4.69, 9.17) is 3.40 Å². The van der Waals surface area contributed by atoms with Crippen molar-refractivity contribution < 1.29 is 26.0 Å². The summed E-state index contributed by atoms with van der Waals surface area (Å²) >= 11 is 0.700. The van der Waals surface area contributed by atoms with Gasteiger partial charge in [0.25, 0.3) is 0 Å². The molecule has 1 nitrogen and oxygen atoms in total. The third-order valence-corrected chi connectivity index (χ3v) is 0. The molecule has 0 fully saturated rings. The Morgan fingerprint density at radius 1 is 1.50 bits per heavy atom. The van der Waals surface area contributed by atoms with Crippen LogP contribution in [-0.4, -0.2) is 40.4 Å². The first-order valence-corrected chi connectivity index (χ1v) is 0.986. The molecule has 4 heavy (non-hydrogen) atoms. The predicted octanol–water partition coefficient (Wildman–Crippen LogP) is -1.46. The molecule has 22 valence electrons. The molecule has 0 saturated heterocycles. The van der Waals surface area contributed by atoms with Crippen molar-refractivity contribution >= 4 is 40.4 Å². The average molecular weight is 168 g/mol. The van der Waals surface area contributed by atoms with E-state index in [1.54, 1.807) is 0 Å². The number of hydrogen-bond acceptors (Lipinski definition) is 1. The number of hydrogen-bond donors (Lipinski definition) is 0.